The Labute approximate surface area is 84.9 Å². The van der Waals surface area contributed by atoms with Crippen molar-refractivity contribution in [3.63, 3.8) is 0 Å². The predicted octanol–water partition coefficient (Wildman–Crippen LogP) is 2.60. The fraction of sp³-hybridized carbons (Fsp3) is 0.333. The van der Waals surface area contributed by atoms with Gasteiger partial charge in [0.25, 0.3) is 0 Å². The van der Waals surface area contributed by atoms with Crippen LogP contribution in [0.3, 0.4) is 0 Å². The van der Waals surface area contributed by atoms with Crippen molar-refractivity contribution in [1.82, 2.24) is 0 Å². The van der Waals surface area contributed by atoms with E-state index >= 15 is 0 Å². The third-order valence-corrected chi connectivity index (χ3v) is 4.39. The normalized spacial score (nSPS) is 21.0. The minimum atomic E-state index is 0.558. The highest BCUT2D eigenvalue weighted by atomic mass is 79.9. The number of nitrogens with two attached hydrogens (primary N) is 1. The summed E-state index contributed by atoms with van der Waals surface area (Å²) in [4.78, 5) is 1.38. The lowest BCUT2D eigenvalue weighted by Crippen LogP contribution is -2.11. The molecule has 0 spiro atoms. The van der Waals surface area contributed by atoms with Gasteiger partial charge in [0, 0.05) is 27.6 Å². The molecular weight excluding hydrogens is 234 g/mol. The van der Waals surface area contributed by atoms with Crippen LogP contribution in [-0.4, -0.2) is 12.3 Å². The van der Waals surface area contributed by atoms with Crippen molar-refractivity contribution in [3.8, 4) is 0 Å². The molecule has 1 nitrogen and oxygen atoms in total. The summed E-state index contributed by atoms with van der Waals surface area (Å²) >= 11 is 5.44. The Bertz CT molecular complexity index is 301. The van der Waals surface area contributed by atoms with Crippen molar-refractivity contribution < 1.29 is 0 Å². The van der Waals surface area contributed by atoms with Crippen LogP contribution in [0.5, 0.6) is 0 Å². The summed E-state index contributed by atoms with van der Waals surface area (Å²) in [5.74, 6) is 1.69. The van der Waals surface area contributed by atoms with E-state index in [1.807, 2.05) is 11.8 Å². The number of thioether (sulfide) groups is 1. The number of halogens is 1. The summed E-state index contributed by atoms with van der Waals surface area (Å²) in [6.45, 7) is 0.760. The number of hydrogen-bond donors (Lipinski definition) is 1. The highest BCUT2D eigenvalue weighted by Gasteiger charge is 2.22. The zero-order valence-corrected chi connectivity index (χ0v) is 8.99. The van der Waals surface area contributed by atoms with Crippen molar-refractivity contribution in [2.24, 2.45) is 5.73 Å². The van der Waals surface area contributed by atoms with Gasteiger partial charge in [-0.2, -0.15) is 0 Å². The van der Waals surface area contributed by atoms with E-state index in [0.29, 0.717) is 5.92 Å². The summed E-state index contributed by atoms with van der Waals surface area (Å²) in [7, 11) is 0. The van der Waals surface area contributed by atoms with Gasteiger partial charge < -0.3 is 5.73 Å². The van der Waals surface area contributed by atoms with Gasteiger partial charge in [-0.3, -0.25) is 0 Å². The Morgan fingerprint density at radius 3 is 3.17 bits per heavy atom. The van der Waals surface area contributed by atoms with Crippen LogP contribution in [0.2, 0.25) is 0 Å². The van der Waals surface area contributed by atoms with Crippen LogP contribution in [0.15, 0.2) is 27.6 Å². The second-order valence-electron chi connectivity index (χ2n) is 2.90. The van der Waals surface area contributed by atoms with Crippen molar-refractivity contribution in [3.05, 3.63) is 28.2 Å². The van der Waals surface area contributed by atoms with Crippen molar-refractivity contribution in [1.29, 1.82) is 0 Å². The van der Waals surface area contributed by atoms with Crippen LogP contribution in [0.1, 0.15) is 11.5 Å². The van der Waals surface area contributed by atoms with Crippen LogP contribution in [0, 0.1) is 0 Å². The van der Waals surface area contributed by atoms with Gasteiger partial charge >= 0.3 is 0 Å². The monoisotopic (exact) mass is 243 g/mol. The van der Waals surface area contributed by atoms with Gasteiger partial charge in [0.1, 0.15) is 0 Å². The molecule has 1 aromatic carbocycles. The van der Waals surface area contributed by atoms with E-state index in [1.54, 1.807) is 0 Å². The molecule has 1 aliphatic rings. The van der Waals surface area contributed by atoms with Gasteiger partial charge in [0.2, 0.25) is 0 Å². The van der Waals surface area contributed by atoms with E-state index in [0.717, 1.165) is 12.3 Å². The first-order valence-corrected chi connectivity index (χ1v) is 5.72. The quantitative estimate of drug-likeness (QED) is 0.821. The van der Waals surface area contributed by atoms with Crippen LogP contribution in [0.4, 0.5) is 0 Å². The lowest BCUT2D eigenvalue weighted by atomic mass is 10.0. The Morgan fingerprint density at radius 2 is 2.42 bits per heavy atom. The van der Waals surface area contributed by atoms with Crippen LogP contribution >= 0.6 is 27.7 Å². The first kappa shape index (κ1) is 8.60. The number of rotatable bonds is 1. The fourth-order valence-corrected chi connectivity index (χ4v) is 3.48. The average Bonchev–Trinajstić information content (AvgIpc) is 2.49. The molecule has 0 saturated carbocycles. The number of benzene rings is 1. The second kappa shape index (κ2) is 3.40. The van der Waals surface area contributed by atoms with Crippen LogP contribution < -0.4 is 5.73 Å². The topological polar surface area (TPSA) is 26.0 Å². The summed E-state index contributed by atoms with van der Waals surface area (Å²) in [5, 5.41) is 0. The Kier molecular flexibility index (Phi) is 2.44. The zero-order valence-electron chi connectivity index (χ0n) is 6.59. The summed E-state index contributed by atoms with van der Waals surface area (Å²) in [5.41, 5.74) is 7.08. The van der Waals surface area contributed by atoms with Crippen LogP contribution in [0.25, 0.3) is 0 Å². The molecule has 0 bridgehead atoms. The SMILES string of the molecule is NCC1CSc2c(Br)cccc21. The van der Waals surface area contributed by atoms with Crippen molar-refractivity contribution in [2.75, 3.05) is 12.3 Å². The molecule has 1 aromatic rings. The minimum absolute atomic E-state index is 0.558. The lowest BCUT2D eigenvalue weighted by molar-refractivity contribution is 0.786. The molecule has 0 amide bonds. The Hall–Kier alpha value is 0.0100. The summed E-state index contributed by atoms with van der Waals surface area (Å²) in [6, 6.07) is 6.35. The van der Waals surface area contributed by atoms with E-state index in [2.05, 4.69) is 34.1 Å². The molecule has 1 unspecified atom stereocenters. The third-order valence-electron chi connectivity index (χ3n) is 2.15. The molecule has 2 rings (SSSR count). The average molecular weight is 244 g/mol. The number of hydrogen-bond acceptors (Lipinski definition) is 2. The van der Waals surface area contributed by atoms with Crippen molar-refractivity contribution >= 4 is 27.7 Å². The van der Waals surface area contributed by atoms with Gasteiger partial charge in [0.05, 0.1) is 0 Å². The van der Waals surface area contributed by atoms with E-state index < -0.39 is 0 Å². The molecule has 0 radical (unpaired) electrons. The fourth-order valence-electron chi connectivity index (χ4n) is 1.47. The standard InChI is InChI=1S/C9H10BrNS/c10-8-3-1-2-7-6(4-11)5-12-9(7)8/h1-3,6H,4-5,11H2. The third kappa shape index (κ3) is 1.30. The summed E-state index contributed by atoms with van der Waals surface area (Å²) in [6.07, 6.45) is 0. The van der Waals surface area contributed by atoms with Crippen LogP contribution in [-0.2, 0) is 0 Å². The van der Waals surface area contributed by atoms with Gasteiger partial charge in [0.15, 0.2) is 0 Å². The van der Waals surface area contributed by atoms with Crippen molar-refractivity contribution in [2.45, 2.75) is 10.8 Å². The molecule has 0 aromatic heterocycles. The Balaban J connectivity index is 2.46. The highest BCUT2D eigenvalue weighted by Crippen LogP contribution is 2.42. The van der Waals surface area contributed by atoms with E-state index in [4.69, 9.17) is 5.73 Å². The first-order chi connectivity index (χ1) is 5.83. The maximum atomic E-state index is 5.67. The second-order valence-corrected chi connectivity index (χ2v) is 4.79. The molecule has 1 atom stereocenters. The Morgan fingerprint density at radius 1 is 1.58 bits per heavy atom. The van der Waals surface area contributed by atoms with E-state index in [1.165, 1.54) is 14.9 Å². The van der Waals surface area contributed by atoms with Gasteiger partial charge in [-0.05, 0) is 27.6 Å². The van der Waals surface area contributed by atoms with Gasteiger partial charge in [-0.15, -0.1) is 11.8 Å². The highest BCUT2D eigenvalue weighted by molar-refractivity contribution is 9.10. The molecule has 0 aliphatic carbocycles. The number of fused-ring (bicyclic) bond motifs is 1. The molecule has 3 heteroatoms. The molecule has 1 aliphatic heterocycles. The van der Waals surface area contributed by atoms with E-state index in [9.17, 15) is 0 Å². The van der Waals surface area contributed by atoms with Gasteiger partial charge in [-0.25, -0.2) is 0 Å². The molecular formula is C9H10BrNS. The molecule has 64 valence electrons. The first-order valence-electron chi connectivity index (χ1n) is 3.94. The largest absolute Gasteiger partial charge is 0.330 e. The van der Waals surface area contributed by atoms with E-state index in [-0.39, 0.29) is 0 Å². The summed E-state index contributed by atoms with van der Waals surface area (Å²) < 4.78 is 1.21. The predicted molar refractivity (Wildman–Crippen MR) is 56.7 cm³/mol. The maximum Gasteiger partial charge on any atom is 0.0314 e. The molecule has 0 fully saturated rings. The molecule has 0 saturated heterocycles. The maximum absolute atomic E-state index is 5.67. The molecule has 12 heavy (non-hydrogen) atoms. The molecule has 2 N–H and O–H groups in total. The van der Waals surface area contributed by atoms with Gasteiger partial charge in [-0.1, -0.05) is 12.1 Å². The smallest absolute Gasteiger partial charge is 0.0314 e. The minimum Gasteiger partial charge on any atom is -0.330 e. The zero-order chi connectivity index (χ0) is 8.55. The molecule has 1 heterocycles. The lowest BCUT2D eigenvalue weighted by Gasteiger charge is -2.06.